The number of hydrogen-bond acceptors (Lipinski definition) is 2. The maximum absolute atomic E-state index is 3.61. The Morgan fingerprint density at radius 1 is 1.05 bits per heavy atom. The molecule has 1 heterocycles. The van der Waals surface area contributed by atoms with Crippen molar-refractivity contribution < 1.29 is 0 Å². The van der Waals surface area contributed by atoms with Gasteiger partial charge in [-0.1, -0.05) is 48.0 Å². The van der Waals surface area contributed by atoms with Crippen LogP contribution < -0.4 is 5.32 Å². The predicted molar refractivity (Wildman–Crippen MR) is 88.3 cm³/mol. The molecule has 1 nitrogen and oxygen atoms in total. The Bertz CT molecular complexity index is 664. The molecule has 0 saturated heterocycles. The fraction of sp³-hybridized carbons (Fsp3) is 0.222. The summed E-state index contributed by atoms with van der Waals surface area (Å²) >= 11 is 1.88. The summed E-state index contributed by atoms with van der Waals surface area (Å²) < 4.78 is 1.37. The van der Waals surface area contributed by atoms with Gasteiger partial charge >= 0.3 is 0 Å². The molecule has 20 heavy (non-hydrogen) atoms. The molecule has 0 aliphatic heterocycles. The van der Waals surface area contributed by atoms with Crippen LogP contribution in [0.2, 0.25) is 0 Å². The number of thiophene rings is 1. The van der Waals surface area contributed by atoms with Crippen molar-refractivity contribution in [3.8, 4) is 0 Å². The fourth-order valence-corrected chi connectivity index (χ4v) is 3.38. The van der Waals surface area contributed by atoms with Crippen LogP contribution >= 0.6 is 11.3 Å². The number of nitrogens with one attached hydrogen (secondary N) is 1. The summed E-state index contributed by atoms with van der Waals surface area (Å²) in [5.74, 6) is 0. The highest BCUT2D eigenvalue weighted by Crippen LogP contribution is 2.29. The van der Waals surface area contributed by atoms with Gasteiger partial charge in [0.2, 0.25) is 0 Å². The topological polar surface area (TPSA) is 12.0 Å². The SMILES string of the molecule is Cc1ccc(CNC(C)c2cc3ccccc3s2)cc1. The van der Waals surface area contributed by atoms with Crippen molar-refractivity contribution in [1.82, 2.24) is 5.32 Å². The van der Waals surface area contributed by atoms with Crippen molar-refractivity contribution in [2.45, 2.75) is 26.4 Å². The van der Waals surface area contributed by atoms with E-state index in [0.29, 0.717) is 6.04 Å². The van der Waals surface area contributed by atoms with E-state index in [1.165, 1.54) is 26.1 Å². The van der Waals surface area contributed by atoms with Gasteiger partial charge in [-0.05, 0) is 36.9 Å². The Balaban J connectivity index is 1.69. The molecule has 0 bridgehead atoms. The smallest absolute Gasteiger partial charge is 0.0389 e. The second-order valence-electron chi connectivity index (χ2n) is 5.27. The van der Waals surface area contributed by atoms with E-state index in [1.807, 2.05) is 11.3 Å². The maximum atomic E-state index is 3.61. The fourth-order valence-electron chi connectivity index (χ4n) is 2.29. The standard InChI is InChI=1S/C18H19NS/c1-13-7-9-15(10-8-13)12-19-14(2)18-11-16-5-3-4-6-17(16)20-18/h3-11,14,19H,12H2,1-2H3. The molecule has 0 aliphatic carbocycles. The maximum Gasteiger partial charge on any atom is 0.0389 e. The molecule has 0 spiro atoms. The molecule has 1 N–H and O–H groups in total. The van der Waals surface area contributed by atoms with E-state index in [1.54, 1.807) is 0 Å². The first-order chi connectivity index (χ1) is 9.72. The number of rotatable bonds is 4. The zero-order valence-corrected chi connectivity index (χ0v) is 12.7. The molecule has 0 radical (unpaired) electrons. The summed E-state index contributed by atoms with van der Waals surface area (Å²) in [5, 5.41) is 4.95. The largest absolute Gasteiger partial charge is 0.305 e. The second-order valence-corrected chi connectivity index (χ2v) is 6.39. The molecule has 3 aromatic rings. The highest BCUT2D eigenvalue weighted by Gasteiger charge is 2.08. The van der Waals surface area contributed by atoms with Crippen molar-refractivity contribution in [3.05, 3.63) is 70.6 Å². The lowest BCUT2D eigenvalue weighted by molar-refractivity contribution is 0.583. The van der Waals surface area contributed by atoms with Crippen LogP contribution in [-0.2, 0) is 6.54 Å². The lowest BCUT2D eigenvalue weighted by Crippen LogP contribution is -2.17. The molecule has 0 amide bonds. The van der Waals surface area contributed by atoms with Crippen LogP contribution in [0, 0.1) is 6.92 Å². The number of aryl methyl sites for hydroxylation is 1. The molecule has 1 aromatic heterocycles. The van der Waals surface area contributed by atoms with Crippen molar-refractivity contribution >= 4 is 21.4 Å². The average Bonchev–Trinajstić information content (AvgIpc) is 2.90. The molecule has 2 aromatic carbocycles. The number of fused-ring (bicyclic) bond motifs is 1. The third-order valence-electron chi connectivity index (χ3n) is 3.60. The Hall–Kier alpha value is -1.64. The first-order valence-electron chi connectivity index (χ1n) is 7.00. The number of benzene rings is 2. The summed E-state index contributed by atoms with van der Waals surface area (Å²) in [5.41, 5.74) is 2.65. The molecular formula is C18H19NS. The normalized spacial score (nSPS) is 12.7. The van der Waals surface area contributed by atoms with Crippen LogP contribution in [-0.4, -0.2) is 0 Å². The summed E-state index contributed by atoms with van der Waals surface area (Å²) in [6.45, 7) is 5.27. The van der Waals surface area contributed by atoms with Crippen molar-refractivity contribution in [3.63, 3.8) is 0 Å². The lowest BCUT2D eigenvalue weighted by atomic mass is 10.1. The molecule has 0 aliphatic rings. The molecule has 2 heteroatoms. The van der Waals surface area contributed by atoms with E-state index in [-0.39, 0.29) is 0 Å². The van der Waals surface area contributed by atoms with Gasteiger partial charge < -0.3 is 5.32 Å². The van der Waals surface area contributed by atoms with Crippen LogP contribution in [0.25, 0.3) is 10.1 Å². The molecule has 0 saturated carbocycles. The molecule has 1 atom stereocenters. The minimum atomic E-state index is 0.383. The zero-order chi connectivity index (χ0) is 13.9. The predicted octanol–water partition coefficient (Wildman–Crippen LogP) is 5.06. The monoisotopic (exact) mass is 281 g/mol. The first kappa shape index (κ1) is 13.3. The van der Waals surface area contributed by atoms with Crippen molar-refractivity contribution in [2.75, 3.05) is 0 Å². The molecule has 3 rings (SSSR count). The number of hydrogen-bond donors (Lipinski definition) is 1. The van der Waals surface area contributed by atoms with Gasteiger partial charge in [-0.25, -0.2) is 0 Å². The van der Waals surface area contributed by atoms with E-state index in [9.17, 15) is 0 Å². The Labute approximate surface area is 124 Å². The summed E-state index contributed by atoms with van der Waals surface area (Å²) in [7, 11) is 0. The third kappa shape index (κ3) is 2.92. The van der Waals surface area contributed by atoms with Gasteiger partial charge in [-0.15, -0.1) is 11.3 Å². The molecule has 0 fully saturated rings. The van der Waals surface area contributed by atoms with Gasteiger partial charge in [-0.3, -0.25) is 0 Å². The van der Waals surface area contributed by atoms with Gasteiger partial charge in [0.15, 0.2) is 0 Å². The Morgan fingerprint density at radius 3 is 2.55 bits per heavy atom. The van der Waals surface area contributed by atoms with Gasteiger partial charge in [-0.2, -0.15) is 0 Å². The van der Waals surface area contributed by atoms with Crippen LogP contribution in [0.3, 0.4) is 0 Å². The summed E-state index contributed by atoms with van der Waals surface area (Å²) in [6, 6.07) is 20.0. The van der Waals surface area contributed by atoms with Crippen LogP contribution in [0.4, 0.5) is 0 Å². The van der Waals surface area contributed by atoms with Crippen LogP contribution in [0.5, 0.6) is 0 Å². The molecule has 1 unspecified atom stereocenters. The molecular weight excluding hydrogens is 262 g/mol. The minimum Gasteiger partial charge on any atom is -0.305 e. The van der Waals surface area contributed by atoms with Crippen LogP contribution in [0.1, 0.15) is 29.0 Å². The lowest BCUT2D eigenvalue weighted by Gasteiger charge is -2.12. The third-order valence-corrected chi connectivity index (χ3v) is 4.90. The van der Waals surface area contributed by atoms with E-state index >= 15 is 0 Å². The van der Waals surface area contributed by atoms with E-state index in [4.69, 9.17) is 0 Å². The quantitative estimate of drug-likeness (QED) is 0.704. The van der Waals surface area contributed by atoms with E-state index < -0.39 is 0 Å². The summed E-state index contributed by atoms with van der Waals surface area (Å²) in [6.07, 6.45) is 0. The van der Waals surface area contributed by atoms with Crippen molar-refractivity contribution in [1.29, 1.82) is 0 Å². The van der Waals surface area contributed by atoms with Crippen LogP contribution in [0.15, 0.2) is 54.6 Å². The minimum absolute atomic E-state index is 0.383. The van der Waals surface area contributed by atoms with Gasteiger partial charge in [0.25, 0.3) is 0 Å². The average molecular weight is 281 g/mol. The summed E-state index contributed by atoms with van der Waals surface area (Å²) in [4.78, 5) is 1.40. The van der Waals surface area contributed by atoms with E-state index in [2.05, 4.69) is 73.8 Å². The van der Waals surface area contributed by atoms with Gasteiger partial charge in [0.05, 0.1) is 0 Å². The second kappa shape index (κ2) is 5.78. The highest BCUT2D eigenvalue weighted by molar-refractivity contribution is 7.19. The van der Waals surface area contributed by atoms with E-state index in [0.717, 1.165) is 6.54 Å². The van der Waals surface area contributed by atoms with Gasteiger partial charge in [0, 0.05) is 22.2 Å². The van der Waals surface area contributed by atoms with Crippen molar-refractivity contribution in [2.24, 2.45) is 0 Å². The zero-order valence-electron chi connectivity index (χ0n) is 11.9. The highest BCUT2D eigenvalue weighted by atomic mass is 32.1. The Morgan fingerprint density at radius 2 is 1.80 bits per heavy atom. The first-order valence-corrected chi connectivity index (χ1v) is 7.81. The Kier molecular flexibility index (Phi) is 3.86. The molecule has 102 valence electrons. The van der Waals surface area contributed by atoms with Gasteiger partial charge in [0.1, 0.15) is 0 Å².